The smallest absolute Gasteiger partial charge is 0.216 e. The lowest BCUT2D eigenvalue weighted by molar-refractivity contribution is 0.284. The summed E-state index contributed by atoms with van der Waals surface area (Å²) >= 11 is 5.37. The van der Waals surface area contributed by atoms with E-state index >= 15 is 0 Å². The number of benzene rings is 3. The highest BCUT2D eigenvalue weighted by molar-refractivity contribution is 7.71. The van der Waals surface area contributed by atoms with Crippen molar-refractivity contribution in [3.05, 3.63) is 88.7 Å². The van der Waals surface area contributed by atoms with E-state index in [1.54, 1.807) is 18.0 Å². The van der Waals surface area contributed by atoms with Gasteiger partial charge < -0.3 is 14.2 Å². The topological polar surface area (TPSA) is 73.7 Å². The van der Waals surface area contributed by atoms with Gasteiger partial charge in [0.1, 0.15) is 12.4 Å². The average Bonchev–Trinajstić information content (AvgIpc) is 3.23. The Morgan fingerprint density at radius 2 is 1.79 bits per heavy atom. The number of aromatic nitrogens is 3. The molecule has 0 radical (unpaired) electrons. The molecule has 4 rings (SSSR count). The Kier molecular flexibility index (Phi) is 7.16. The van der Waals surface area contributed by atoms with Crippen molar-refractivity contribution in [2.24, 2.45) is 5.10 Å². The van der Waals surface area contributed by atoms with E-state index in [1.165, 1.54) is 0 Å². The van der Waals surface area contributed by atoms with E-state index in [4.69, 9.17) is 26.4 Å². The van der Waals surface area contributed by atoms with E-state index in [9.17, 15) is 0 Å². The molecule has 33 heavy (non-hydrogen) atoms. The van der Waals surface area contributed by atoms with Crippen molar-refractivity contribution in [2.75, 3.05) is 13.7 Å². The van der Waals surface area contributed by atoms with E-state index in [-0.39, 0.29) is 0 Å². The molecule has 0 fully saturated rings. The van der Waals surface area contributed by atoms with E-state index < -0.39 is 0 Å². The Labute approximate surface area is 197 Å². The SMILES string of the molecule is CCOc1ccc(-c2n[nH]c(=S)n2/N=C/c2ccc(OCc3ccccc3)c(OC)c2)cc1. The molecule has 0 unspecified atom stereocenters. The summed E-state index contributed by atoms with van der Waals surface area (Å²) in [5, 5.41) is 11.7. The summed E-state index contributed by atoms with van der Waals surface area (Å²) in [5.41, 5.74) is 2.78. The van der Waals surface area contributed by atoms with Crippen LogP contribution < -0.4 is 14.2 Å². The monoisotopic (exact) mass is 460 g/mol. The molecule has 1 N–H and O–H groups in total. The van der Waals surface area contributed by atoms with Crippen LogP contribution in [0.5, 0.6) is 17.2 Å². The van der Waals surface area contributed by atoms with Gasteiger partial charge in [-0.3, -0.25) is 0 Å². The van der Waals surface area contributed by atoms with Crippen molar-refractivity contribution in [2.45, 2.75) is 13.5 Å². The quantitative estimate of drug-likeness (QED) is 0.265. The van der Waals surface area contributed by atoms with E-state index in [0.29, 0.717) is 35.3 Å². The summed E-state index contributed by atoms with van der Waals surface area (Å²) in [6.07, 6.45) is 1.70. The van der Waals surface area contributed by atoms with Gasteiger partial charge in [0.2, 0.25) is 4.77 Å². The molecule has 0 aliphatic heterocycles. The first-order chi connectivity index (χ1) is 16.2. The number of aromatic amines is 1. The van der Waals surface area contributed by atoms with Crippen LogP contribution in [-0.4, -0.2) is 34.8 Å². The fourth-order valence-electron chi connectivity index (χ4n) is 3.20. The summed E-state index contributed by atoms with van der Waals surface area (Å²) in [6, 6.07) is 23.2. The summed E-state index contributed by atoms with van der Waals surface area (Å²) < 4.78 is 18.9. The lowest BCUT2D eigenvalue weighted by Gasteiger charge is -2.11. The van der Waals surface area contributed by atoms with E-state index in [1.807, 2.05) is 79.7 Å². The number of methoxy groups -OCH3 is 1. The Balaban J connectivity index is 1.53. The Bertz CT molecular complexity index is 1280. The summed E-state index contributed by atoms with van der Waals surface area (Å²) in [7, 11) is 1.61. The second-order valence-electron chi connectivity index (χ2n) is 7.05. The molecule has 0 bridgehead atoms. The lowest BCUT2D eigenvalue weighted by Crippen LogP contribution is -1.99. The number of rotatable bonds is 9. The van der Waals surface area contributed by atoms with Crippen LogP contribution >= 0.6 is 12.2 Å². The van der Waals surface area contributed by atoms with Crippen molar-refractivity contribution in [1.29, 1.82) is 0 Å². The summed E-state index contributed by atoms with van der Waals surface area (Å²) in [4.78, 5) is 0. The van der Waals surface area contributed by atoms with Gasteiger partial charge in [-0.25, -0.2) is 5.10 Å². The minimum absolute atomic E-state index is 0.393. The molecule has 0 amide bonds. The number of ether oxygens (including phenoxy) is 3. The van der Waals surface area contributed by atoms with E-state index in [2.05, 4.69) is 15.3 Å². The molecule has 1 aromatic heterocycles. The summed E-state index contributed by atoms with van der Waals surface area (Å²) in [5.74, 6) is 2.69. The van der Waals surface area contributed by atoms with Gasteiger partial charge in [-0.05, 0) is 72.7 Å². The van der Waals surface area contributed by atoms with Crippen LogP contribution in [0.4, 0.5) is 0 Å². The van der Waals surface area contributed by atoms with Crippen molar-refractivity contribution >= 4 is 18.4 Å². The van der Waals surface area contributed by atoms with Crippen LogP contribution in [0.1, 0.15) is 18.1 Å². The van der Waals surface area contributed by atoms with Gasteiger partial charge in [-0.2, -0.15) is 14.9 Å². The first kappa shape index (κ1) is 22.3. The maximum atomic E-state index is 5.93. The molecule has 0 spiro atoms. The predicted molar refractivity (Wildman–Crippen MR) is 131 cm³/mol. The standard InChI is InChI=1S/C25H24N4O3S/c1-3-31-21-12-10-20(11-13-21)24-27-28-25(33)29(24)26-16-19-9-14-22(23(15-19)30-2)32-17-18-7-5-4-6-8-18/h4-16H,3,17H2,1-2H3,(H,28,33)/b26-16+. The normalized spacial score (nSPS) is 11.0. The number of hydrogen-bond donors (Lipinski definition) is 1. The molecule has 3 aromatic carbocycles. The second kappa shape index (κ2) is 10.6. The number of nitrogens with zero attached hydrogens (tertiary/aromatic N) is 3. The molecule has 0 aliphatic carbocycles. The van der Waals surface area contributed by atoms with Gasteiger partial charge >= 0.3 is 0 Å². The molecule has 0 atom stereocenters. The molecule has 168 valence electrons. The fraction of sp³-hybridized carbons (Fsp3) is 0.160. The highest BCUT2D eigenvalue weighted by Crippen LogP contribution is 2.28. The molecule has 0 saturated heterocycles. The molecule has 4 aromatic rings. The van der Waals surface area contributed by atoms with Crippen LogP contribution in [0.3, 0.4) is 0 Å². The van der Waals surface area contributed by atoms with Crippen LogP contribution in [-0.2, 0) is 6.61 Å². The minimum Gasteiger partial charge on any atom is -0.494 e. The third-order valence-corrected chi connectivity index (χ3v) is 5.09. The third kappa shape index (κ3) is 5.48. The zero-order valence-electron chi connectivity index (χ0n) is 18.4. The minimum atomic E-state index is 0.393. The lowest BCUT2D eigenvalue weighted by atomic mass is 10.2. The van der Waals surface area contributed by atoms with Gasteiger partial charge in [0.25, 0.3) is 0 Å². The average molecular weight is 461 g/mol. The number of H-pyrrole nitrogens is 1. The Morgan fingerprint density at radius 1 is 1.00 bits per heavy atom. The molecule has 7 nitrogen and oxygen atoms in total. The van der Waals surface area contributed by atoms with E-state index in [0.717, 1.165) is 22.4 Å². The highest BCUT2D eigenvalue weighted by atomic mass is 32.1. The summed E-state index contributed by atoms with van der Waals surface area (Å²) in [6.45, 7) is 3.02. The third-order valence-electron chi connectivity index (χ3n) is 4.82. The van der Waals surface area contributed by atoms with Gasteiger partial charge in [0.15, 0.2) is 17.3 Å². The van der Waals surface area contributed by atoms with Crippen molar-refractivity contribution in [3.8, 4) is 28.6 Å². The van der Waals surface area contributed by atoms with Gasteiger partial charge in [-0.1, -0.05) is 30.3 Å². The van der Waals surface area contributed by atoms with Gasteiger partial charge in [-0.15, -0.1) is 0 Å². The van der Waals surface area contributed by atoms with Crippen molar-refractivity contribution in [3.63, 3.8) is 0 Å². The van der Waals surface area contributed by atoms with Crippen LogP contribution in [0.15, 0.2) is 77.9 Å². The van der Waals surface area contributed by atoms with Crippen LogP contribution in [0.2, 0.25) is 0 Å². The highest BCUT2D eigenvalue weighted by Gasteiger charge is 2.09. The van der Waals surface area contributed by atoms with Gasteiger partial charge in [0, 0.05) is 5.56 Å². The Hall–Kier alpha value is -3.91. The van der Waals surface area contributed by atoms with Crippen molar-refractivity contribution in [1.82, 2.24) is 14.9 Å². The van der Waals surface area contributed by atoms with Gasteiger partial charge in [0.05, 0.1) is 19.9 Å². The zero-order chi connectivity index (χ0) is 23.0. The van der Waals surface area contributed by atoms with Crippen molar-refractivity contribution < 1.29 is 14.2 Å². The first-order valence-electron chi connectivity index (χ1n) is 10.5. The molecule has 1 heterocycles. The predicted octanol–water partition coefficient (Wildman–Crippen LogP) is 5.48. The number of hydrogen-bond acceptors (Lipinski definition) is 6. The molecular weight excluding hydrogens is 436 g/mol. The van der Waals surface area contributed by atoms with Crippen LogP contribution in [0, 0.1) is 4.77 Å². The maximum absolute atomic E-state index is 5.93. The first-order valence-corrected chi connectivity index (χ1v) is 10.9. The Morgan fingerprint density at radius 3 is 2.52 bits per heavy atom. The zero-order valence-corrected chi connectivity index (χ0v) is 19.2. The molecule has 0 saturated carbocycles. The maximum Gasteiger partial charge on any atom is 0.216 e. The van der Waals surface area contributed by atoms with Crippen LogP contribution in [0.25, 0.3) is 11.4 Å². The molecular formula is C25H24N4O3S. The molecule has 0 aliphatic rings. The largest absolute Gasteiger partial charge is 0.494 e. The molecule has 8 heteroatoms. The number of nitrogens with one attached hydrogen (secondary N) is 1. The second-order valence-corrected chi connectivity index (χ2v) is 7.44. The fourth-order valence-corrected chi connectivity index (χ4v) is 3.38.